The molecule has 1 amide bonds. The van der Waals surface area contributed by atoms with Crippen LogP contribution in [0.15, 0.2) is 59.7 Å². The zero-order valence-corrected chi connectivity index (χ0v) is 22.4. The lowest BCUT2D eigenvalue weighted by Crippen LogP contribution is -2.24. The normalized spacial score (nSPS) is 13.4. The van der Waals surface area contributed by atoms with E-state index in [1.165, 1.54) is 12.3 Å². The van der Waals surface area contributed by atoms with Crippen LogP contribution >= 0.6 is 0 Å². The molecule has 1 saturated carbocycles. The fraction of sp³-hybridized carbons (Fsp3) is 0.333. The Kier molecular flexibility index (Phi) is 9.38. The summed E-state index contributed by atoms with van der Waals surface area (Å²) < 4.78 is 15.2. The molecule has 8 nitrogen and oxygen atoms in total. The molecule has 1 fully saturated rings. The molecule has 0 spiro atoms. The zero-order valence-electron chi connectivity index (χ0n) is 22.4. The van der Waals surface area contributed by atoms with Crippen molar-refractivity contribution < 1.29 is 9.18 Å². The molecule has 204 valence electrons. The average molecular weight is 531 g/mol. The van der Waals surface area contributed by atoms with Crippen LogP contribution in [0.4, 0.5) is 21.6 Å². The van der Waals surface area contributed by atoms with E-state index in [-0.39, 0.29) is 22.9 Å². The maximum atomic E-state index is 15.2. The van der Waals surface area contributed by atoms with E-state index in [0.29, 0.717) is 33.8 Å². The van der Waals surface area contributed by atoms with E-state index in [9.17, 15) is 9.59 Å². The molecular weight excluding hydrogens is 495 g/mol. The number of rotatable bonds is 6. The number of amides is 1. The molecule has 9 heteroatoms. The summed E-state index contributed by atoms with van der Waals surface area (Å²) in [4.78, 5) is 36.7. The maximum Gasteiger partial charge on any atom is 0.259 e. The van der Waals surface area contributed by atoms with Gasteiger partial charge in [0.2, 0.25) is 5.91 Å². The van der Waals surface area contributed by atoms with Gasteiger partial charge in [0.05, 0.1) is 22.3 Å². The first kappa shape index (κ1) is 27.9. The second kappa shape index (κ2) is 13.1. The second-order valence-electron chi connectivity index (χ2n) is 9.78. The number of aryl methyl sites for hydroxylation is 1. The summed E-state index contributed by atoms with van der Waals surface area (Å²) in [5.74, 6) is -0.0335. The van der Waals surface area contributed by atoms with Crippen molar-refractivity contribution in [1.29, 1.82) is 0 Å². The number of aromatic nitrogens is 3. The number of fused-ring (bicyclic) bond motifs is 1. The van der Waals surface area contributed by atoms with Gasteiger partial charge in [-0.3, -0.25) is 9.59 Å². The zero-order chi connectivity index (χ0) is 27.8. The molecule has 0 saturated heterocycles. The van der Waals surface area contributed by atoms with Gasteiger partial charge >= 0.3 is 0 Å². The number of nitrogens with zero attached hydrogens (tertiary/aromatic N) is 2. The fourth-order valence-electron chi connectivity index (χ4n) is 4.52. The predicted molar refractivity (Wildman–Crippen MR) is 155 cm³/mol. The van der Waals surface area contributed by atoms with Gasteiger partial charge in [-0.2, -0.15) is 0 Å². The molecule has 39 heavy (non-hydrogen) atoms. The number of hydrogen-bond acceptors (Lipinski definition) is 6. The van der Waals surface area contributed by atoms with Gasteiger partial charge < -0.3 is 21.4 Å². The fourth-order valence-corrected chi connectivity index (χ4v) is 4.52. The van der Waals surface area contributed by atoms with Crippen molar-refractivity contribution in [3.63, 3.8) is 0 Å². The largest absolute Gasteiger partial charge is 0.339 e. The Bertz CT molecular complexity index is 1480. The Morgan fingerprint density at radius 1 is 1.13 bits per heavy atom. The molecule has 3 heterocycles. The Morgan fingerprint density at radius 3 is 2.56 bits per heavy atom. The Balaban J connectivity index is 0.000000826. The molecule has 1 aliphatic carbocycles. The summed E-state index contributed by atoms with van der Waals surface area (Å²) in [7, 11) is 0. The van der Waals surface area contributed by atoms with Gasteiger partial charge in [0.15, 0.2) is 0 Å². The van der Waals surface area contributed by atoms with E-state index in [1.54, 1.807) is 30.5 Å². The number of pyridine rings is 3. The lowest BCUT2D eigenvalue weighted by molar-refractivity contribution is -0.120. The summed E-state index contributed by atoms with van der Waals surface area (Å²) in [6.07, 6.45) is 9.34. The minimum atomic E-state index is -0.512. The lowest BCUT2D eigenvalue weighted by atomic mass is 9.88. The number of carbonyl (C=O) groups excluding carboxylic acids is 1. The minimum Gasteiger partial charge on any atom is -0.339 e. The summed E-state index contributed by atoms with van der Waals surface area (Å²) >= 11 is 0. The van der Waals surface area contributed by atoms with Crippen LogP contribution in [-0.2, 0) is 4.79 Å². The number of benzene rings is 1. The summed E-state index contributed by atoms with van der Waals surface area (Å²) in [6.45, 7) is 4.81. The quantitative estimate of drug-likeness (QED) is 0.240. The van der Waals surface area contributed by atoms with Gasteiger partial charge in [-0.15, -0.1) is 0 Å². The highest BCUT2D eigenvalue weighted by Gasteiger charge is 2.21. The van der Waals surface area contributed by atoms with Crippen LogP contribution in [0.2, 0.25) is 0 Å². The van der Waals surface area contributed by atoms with Crippen molar-refractivity contribution in [2.24, 2.45) is 11.7 Å². The maximum absolute atomic E-state index is 15.2. The Morgan fingerprint density at radius 2 is 1.90 bits per heavy atom. The number of nitrogens with one attached hydrogen (secondary N) is 3. The van der Waals surface area contributed by atoms with Crippen molar-refractivity contribution >= 4 is 34.0 Å². The van der Waals surface area contributed by atoms with Crippen molar-refractivity contribution in [2.45, 2.75) is 52.4 Å². The predicted octanol–water partition coefficient (Wildman–Crippen LogP) is 6.05. The summed E-state index contributed by atoms with van der Waals surface area (Å²) in [5, 5.41) is 6.38. The van der Waals surface area contributed by atoms with Gasteiger partial charge in [-0.1, -0.05) is 32.3 Å². The molecule has 4 aromatic rings. The highest BCUT2D eigenvalue weighted by molar-refractivity contribution is 5.95. The van der Waals surface area contributed by atoms with Crippen LogP contribution in [0.1, 0.15) is 51.0 Å². The van der Waals surface area contributed by atoms with Crippen molar-refractivity contribution in [3.8, 4) is 11.3 Å². The molecule has 0 aliphatic heterocycles. The van der Waals surface area contributed by atoms with E-state index in [2.05, 4.69) is 32.5 Å². The molecule has 0 radical (unpaired) electrons. The first-order chi connectivity index (χ1) is 18.9. The van der Waals surface area contributed by atoms with Gasteiger partial charge in [0.1, 0.15) is 11.6 Å². The number of anilines is 3. The molecular formula is C30H35FN6O2. The van der Waals surface area contributed by atoms with Crippen LogP contribution in [0.25, 0.3) is 22.2 Å². The first-order valence-corrected chi connectivity index (χ1v) is 13.4. The molecule has 0 atom stereocenters. The number of aromatic amines is 1. The van der Waals surface area contributed by atoms with E-state index >= 15 is 4.39 Å². The van der Waals surface area contributed by atoms with Crippen molar-refractivity contribution in [1.82, 2.24) is 15.0 Å². The lowest BCUT2D eigenvalue weighted by Gasteiger charge is -2.20. The smallest absolute Gasteiger partial charge is 0.259 e. The number of carbonyl (C=O) groups is 1. The number of halogens is 1. The molecule has 3 aromatic heterocycles. The molecule has 1 aromatic carbocycles. The number of nitrogens with two attached hydrogens (primary N) is 1. The van der Waals surface area contributed by atoms with Crippen LogP contribution in [0.3, 0.4) is 0 Å². The van der Waals surface area contributed by atoms with E-state index in [1.807, 2.05) is 19.1 Å². The molecule has 1 aliphatic rings. The van der Waals surface area contributed by atoms with E-state index < -0.39 is 5.82 Å². The Labute approximate surface area is 227 Å². The molecule has 5 N–H and O–H groups in total. The van der Waals surface area contributed by atoms with Gasteiger partial charge in [0.25, 0.3) is 5.56 Å². The minimum absolute atomic E-state index is 0.0178. The second-order valence-corrected chi connectivity index (χ2v) is 9.78. The SMILES string of the molecule is CCCN.Cc1ccc(Nc2cc(-c3ccc(NC(=O)C4CCCCC4)cc3F)nc3cc[nH]c(=O)c23)nc1. The van der Waals surface area contributed by atoms with Gasteiger partial charge in [0, 0.05) is 29.6 Å². The topological polar surface area (TPSA) is 126 Å². The number of H-pyrrole nitrogens is 1. The van der Waals surface area contributed by atoms with Gasteiger partial charge in [-0.25, -0.2) is 14.4 Å². The van der Waals surface area contributed by atoms with Crippen LogP contribution < -0.4 is 21.9 Å². The van der Waals surface area contributed by atoms with E-state index in [4.69, 9.17) is 5.73 Å². The monoisotopic (exact) mass is 530 g/mol. The molecule has 0 unspecified atom stereocenters. The number of hydrogen-bond donors (Lipinski definition) is 4. The molecule has 0 bridgehead atoms. The van der Waals surface area contributed by atoms with Crippen molar-refractivity contribution in [3.05, 3.63) is 76.6 Å². The first-order valence-electron chi connectivity index (χ1n) is 13.4. The molecule has 5 rings (SSSR count). The highest BCUT2D eigenvalue weighted by atomic mass is 19.1. The third kappa shape index (κ3) is 7.06. The van der Waals surface area contributed by atoms with Crippen LogP contribution in [0.5, 0.6) is 0 Å². The summed E-state index contributed by atoms with van der Waals surface area (Å²) in [5.41, 5.74) is 7.67. The van der Waals surface area contributed by atoms with Crippen LogP contribution in [-0.4, -0.2) is 27.4 Å². The van der Waals surface area contributed by atoms with E-state index in [0.717, 1.165) is 50.6 Å². The Hall–Kier alpha value is -4.11. The average Bonchev–Trinajstić information content (AvgIpc) is 2.95. The standard InChI is InChI=1S/C27H26FN5O2.C3H9N/c1-16-7-10-24(30-15-16)33-23-14-22(32-21-11-12-29-27(35)25(21)23)19-9-8-18(13-20(19)28)31-26(34)17-5-3-2-4-6-17;1-2-3-4/h7-15,17H,2-6H2,1H3,(H,29,35)(H,31,34)(H,30,32,33);2-4H2,1H3. The van der Waals surface area contributed by atoms with Gasteiger partial charge in [-0.05, 0) is 74.7 Å². The van der Waals surface area contributed by atoms with Crippen LogP contribution in [0, 0.1) is 18.7 Å². The third-order valence-corrected chi connectivity index (χ3v) is 6.68. The third-order valence-electron chi connectivity index (χ3n) is 6.68. The summed E-state index contributed by atoms with van der Waals surface area (Å²) in [6, 6.07) is 11.6. The highest BCUT2D eigenvalue weighted by Crippen LogP contribution is 2.31. The van der Waals surface area contributed by atoms with Crippen molar-refractivity contribution in [2.75, 3.05) is 17.2 Å².